The van der Waals surface area contributed by atoms with Gasteiger partial charge >= 0.3 is 0 Å². The molecule has 7 heteroatoms. The second-order valence-electron chi connectivity index (χ2n) is 8.46. The van der Waals surface area contributed by atoms with Gasteiger partial charge in [-0.05, 0) is 86.2 Å². The topological polar surface area (TPSA) is 50.4 Å². The molecule has 4 aromatic rings. The lowest BCUT2D eigenvalue weighted by Gasteiger charge is -2.13. The summed E-state index contributed by atoms with van der Waals surface area (Å²) < 4.78 is 6.79. The van der Waals surface area contributed by atoms with Crippen LogP contribution in [-0.2, 0) is 17.8 Å². The minimum absolute atomic E-state index is 0.119. The fraction of sp³-hybridized carbons (Fsp3) is 0.138. The largest absolute Gasteiger partial charge is 0.486 e. The predicted molar refractivity (Wildman–Crippen MR) is 154 cm³/mol. The highest BCUT2D eigenvalue weighted by atomic mass is 79.9. The Morgan fingerprint density at radius 3 is 2.53 bits per heavy atom. The molecule has 1 aliphatic rings. The van der Waals surface area contributed by atoms with Gasteiger partial charge in [-0.1, -0.05) is 78.8 Å². The van der Waals surface area contributed by atoms with Gasteiger partial charge in [0.15, 0.2) is 11.2 Å². The zero-order valence-corrected chi connectivity index (χ0v) is 22.7. The predicted octanol–water partition coefficient (Wildman–Crippen LogP) is 8.00. The minimum Gasteiger partial charge on any atom is -0.486 e. The Labute approximate surface area is 228 Å². The van der Waals surface area contributed by atoms with Gasteiger partial charge in [-0.15, -0.1) is 0 Å². The third kappa shape index (κ3) is 5.72. The van der Waals surface area contributed by atoms with Crippen LogP contribution in [-0.4, -0.2) is 11.4 Å². The minimum atomic E-state index is -0.236. The zero-order valence-electron chi connectivity index (χ0n) is 19.6. The highest BCUT2D eigenvalue weighted by Gasteiger charge is 2.27. The van der Waals surface area contributed by atoms with Crippen molar-refractivity contribution in [2.75, 3.05) is 5.32 Å². The van der Waals surface area contributed by atoms with Crippen molar-refractivity contribution in [3.63, 3.8) is 0 Å². The average molecular weight is 580 g/mol. The third-order valence-electron chi connectivity index (χ3n) is 5.91. The first-order chi connectivity index (χ1) is 17.5. The molecule has 0 saturated carbocycles. The van der Waals surface area contributed by atoms with Gasteiger partial charge in [-0.25, -0.2) is 0 Å². The maximum atomic E-state index is 12.6. The second kappa shape index (κ2) is 11.0. The van der Waals surface area contributed by atoms with Crippen molar-refractivity contribution in [3.8, 4) is 5.75 Å². The lowest BCUT2D eigenvalue weighted by atomic mass is 10.1. The fourth-order valence-electron chi connectivity index (χ4n) is 3.99. The van der Waals surface area contributed by atoms with Crippen LogP contribution in [0.4, 0.5) is 5.69 Å². The molecule has 0 spiro atoms. The number of aryl methyl sites for hydroxylation is 1. The van der Waals surface area contributed by atoms with Crippen molar-refractivity contribution in [2.24, 2.45) is 0 Å². The van der Waals surface area contributed by atoms with Crippen molar-refractivity contribution in [3.05, 3.63) is 110 Å². The molecular formula is C29H24BrClN2O2S. The quantitative estimate of drug-likeness (QED) is 0.218. The van der Waals surface area contributed by atoms with E-state index in [-0.39, 0.29) is 11.4 Å². The smallest absolute Gasteiger partial charge is 0.260 e. The molecule has 182 valence electrons. The maximum absolute atomic E-state index is 12.6. The Bertz CT molecular complexity index is 1430. The van der Waals surface area contributed by atoms with Crippen LogP contribution in [0.15, 0.2) is 88.2 Å². The Morgan fingerprint density at radius 1 is 1.03 bits per heavy atom. The number of fused-ring (bicyclic) bond motifs is 1. The van der Waals surface area contributed by atoms with E-state index in [0.29, 0.717) is 22.3 Å². The molecule has 0 aromatic heterocycles. The molecule has 36 heavy (non-hydrogen) atoms. The number of rotatable bonds is 7. The van der Waals surface area contributed by atoms with Crippen LogP contribution in [0.5, 0.6) is 5.75 Å². The molecule has 1 aliphatic heterocycles. The van der Waals surface area contributed by atoms with Crippen LogP contribution in [0.3, 0.4) is 0 Å². The van der Waals surface area contributed by atoms with Gasteiger partial charge in [-0.2, -0.15) is 0 Å². The summed E-state index contributed by atoms with van der Waals surface area (Å²) in [5.41, 5.74) is 3.88. The molecule has 2 N–H and O–H groups in total. The summed E-state index contributed by atoms with van der Waals surface area (Å²) in [5, 5.41) is 9.16. The number of carbonyl (C=O) groups excluding carboxylic acids is 1. The van der Waals surface area contributed by atoms with Gasteiger partial charge in [0.1, 0.15) is 6.61 Å². The molecule has 1 fully saturated rings. The van der Waals surface area contributed by atoms with Crippen molar-refractivity contribution in [2.45, 2.75) is 25.4 Å². The summed E-state index contributed by atoms with van der Waals surface area (Å²) in [6, 6.07) is 26.5. The number of thioether (sulfide) groups is 1. The molecule has 0 unspecified atom stereocenters. The van der Waals surface area contributed by atoms with Crippen LogP contribution in [0.25, 0.3) is 16.8 Å². The summed E-state index contributed by atoms with van der Waals surface area (Å²) >= 11 is 11.6. The third-order valence-corrected chi connectivity index (χ3v) is 7.80. The first-order valence-corrected chi connectivity index (χ1v) is 13.7. The van der Waals surface area contributed by atoms with Crippen LogP contribution in [0, 0.1) is 0 Å². The number of carbonyl (C=O) groups is 1. The summed E-state index contributed by atoms with van der Waals surface area (Å²) in [6.07, 6.45) is 2.83. The van der Waals surface area contributed by atoms with Gasteiger partial charge in [0.25, 0.3) is 5.91 Å². The van der Waals surface area contributed by atoms with E-state index in [1.165, 1.54) is 28.1 Å². The van der Waals surface area contributed by atoms with Crippen LogP contribution in [0.1, 0.15) is 23.6 Å². The molecule has 1 saturated heterocycles. The van der Waals surface area contributed by atoms with E-state index in [4.69, 9.17) is 16.3 Å². The molecule has 0 aliphatic carbocycles. The van der Waals surface area contributed by atoms with Crippen molar-refractivity contribution >= 4 is 67.7 Å². The molecule has 1 amide bonds. The average Bonchev–Trinajstić information content (AvgIpc) is 3.22. The van der Waals surface area contributed by atoms with E-state index in [1.54, 1.807) is 0 Å². The molecular weight excluding hydrogens is 556 g/mol. The number of ether oxygens (including phenoxy) is 1. The molecule has 0 bridgehead atoms. The van der Waals surface area contributed by atoms with Gasteiger partial charge in [0.05, 0.1) is 14.4 Å². The highest BCUT2D eigenvalue weighted by Crippen LogP contribution is 2.37. The summed E-state index contributed by atoms with van der Waals surface area (Å²) in [6.45, 7) is 2.52. The SMILES string of the molecule is CCc1ccc(N[C@@H]2NC(=O)/C(=C/c3cc(Cl)c(OCc4ccc5ccccc5c4)c(Br)c3)S2)cc1. The molecule has 4 aromatic carbocycles. The van der Waals surface area contributed by atoms with E-state index in [0.717, 1.165) is 27.7 Å². The number of hydrogen-bond acceptors (Lipinski definition) is 4. The van der Waals surface area contributed by atoms with Gasteiger partial charge < -0.3 is 15.4 Å². The van der Waals surface area contributed by atoms with E-state index in [9.17, 15) is 4.79 Å². The maximum Gasteiger partial charge on any atom is 0.260 e. The molecule has 1 heterocycles. The van der Waals surface area contributed by atoms with Crippen molar-refractivity contribution < 1.29 is 9.53 Å². The summed E-state index contributed by atoms with van der Waals surface area (Å²) in [5.74, 6) is 0.456. The Kier molecular flexibility index (Phi) is 7.56. The first kappa shape index (κ1) is 24.8. The fourth-order valence-corrected chi connectivity index (χ4v) is 5.96. The molecule has 5 rings (SSSR count). The lowest BCUT2D eigenvalue weighted by Crippen LogP contribution is -2.30. The van der Waals surface area contributed by atoms with E-state index in [2.05, 4.69) is 76.0 Å². The number of hydrogen-bond donors (Lipinski definition) is 2. The number of benzene rings is 4. The highest BCUT2D eigenvalue weighted by molar-refractivity contribution is 9.10. The van der Waals surface area contributed by atoms with Gasteiger partial charge in [0, 0.05) is 5.69 Å². The number of anilines is 1. The van der Waals surface area contributed by atoms with Crippen molar-refractivity contribution in [1.82, 2.24) is 5.32 Å². The molecule has 4 nitrogen and oxygen atoms in total. The van der Waals surface area contributed by atoms with Crippen LogP contribution < -0.4 is 15.4 Å². The van der Waals surface area contributed by atoms with Crippen molar-refractivity contribution in [1.29, 1.82) is 0 Å². The second-order valence-corrected chi connectivity index (χ2v) is 10.9. The standard InChI is InChI=1S/C29H24BrClN2O2S/c1-2-18-8-11-23(12-9-18)32-29-33-28(34)26(36-29)16-20-14-24(30)27(25(31)15-20)35-17-19-7-10-21-5-3-4-6-22(21)13-19/h3-16,29,32H,2,17H2,1H3,(H,33,34)/b26-16-/t29-/m1/s1. The number of halogens is 2. The van der Waals surface area contributed by atoms with Crippen LogP contribution in [0.2, 0.25) is 5.02 Å². The van der Waals surface area contributed by atoms with Gasteiger partial charge in [0.2, 0.25) is 0 Å². The number of amides is 1. The Hall–Kier alpha value is -2.93. The van der Waals surface area contributed by atoms with Crippen LogP contribution >= 0.6 is 39.3 Å². The first-order valence-electron chi connectivity index (χ1n) is 11.6. The summed E-state index contributed by atoms with van der Waals surface area (Å²) in [7, 11) is 0. The Balaban J connectivity index is 1.26. The number of nitrogens with one attached hydrogen (secondary N) is 2. The normalized spacial score (nSPS) is 16.4. The molecule has 0 radical (unpaired) electrons. The monoisotopic (exact) mass is 578 g/mol. The van der Waals surface area contributed by atoms with E-state index >= 15 is 0 Å². The van der Waals surface area contributed by atoms with Gasteiger partial charge in [-0.3, -0.25) is 4.79 Å². The summed E-state index contributed by atoms with van der Waals surface area (Å²) in [4.78, 5) is 13.2. The lowest BCUT2D eigenvalue weighted by molar-refractivity contribution is -0.116. The van der Waals surface area contributed by atoms with E-state index < -0.39 is 0 Å². The zero-order chi connectivity index (χ0) is 25.1. The Morgan fingerprint density at radius 2 is 1.78 bits per heavy atom. The molecule has 1 atom stereocenters. The van der Waals surface area contributed by atoms with E-state index in [1.807, 2.05) is 42.5 Å².